The number of primary sulfonamides is 1. The fourth-order valence-corrected chi connectivity index (χ4v) is 3.40. The van der Waals surface area contributed by atoms with Gasteiger partial charge in [-0.2, -0.15) is 0 Å². The van der Waals surface area contributed by atoms with E-state index in [1.165, 1.54) is 11.1 Å². The molecule has 0 spiro atoms. The Morgan fingerprint density at radius 2 is 2.06 bits per heavy atom. The highest BCUT2D eigenvalue weighted by Crippen LogP contribution is 2.32. The molecule has 2 N–H and O–H groups in total. The van der Waals surface area contributed by atoms with Gasteiger partial charge in [0, 0.05) is 4.47 Å². The van der Waals surface area contributed by atoms with Crippen molar-refractivity contribution in [2.45, 2.75) is 31.4 Å². The number of hydrogen-bond donors (Lipinski definition) is 1. The van der Waals surface area contributed by atoms with Crippen LogP contribution in [0.3, 0.4) is 0 Å². The fraction of sp³-hybridized carbons (Fsp3) is 0.500. The Morgan fingerprint density at radius 1 is 1.41 bits per heavy atom. The third kappa shape index (κ3) is 3.09. The first-order chi connectivity index (χ1) is 7.86. The molecule has 0 aromatic heterocycles. The molecule has 1 aliphatic carbocycles. The van der Waals surface area contributed by atoms with Gasteiger partial charge >= 0.3 is 0 Å². The summed E-state index contributed by atoms with van der Waals surface area (Å²) in [6, 6.07) is 6.27. The number of rotatable bonds is 3. The Labute approximate surface area is 111 Å². The number of fused-ring (bicyclic) bond motifs is 1. The van der Waals surface area contributed by atoms with E-state index in [1.54, 1.807) is 6.92 Å². The van der Waals surface area contributed by atoms with E-state index >= 15 is 0 Å². The molecule has 3 nitrogen and oxygen atoms in total. The minimum atomic E-state index is -3.40. The molecule has 2 rings (SSSR count). The van der Waals surface area contributed by atoms with Crippen molar-refractivity contribution < 1.29 is 8.42 Å². The van der Waals surface area contributed by atoms with E-state index in [2.05, 4.69) is 28.1 Å². The fourth-order valence-electron chi connectivity index (χ4n) is 2.45. The number of nitrogens with two attached hydrogens (primary N) is 1. The SMILES string of the molecule is C[C@@H](CC1Cc2ccc(Br)cc2C1)S(N)(=O)=O. The molecule has 0 bridgehead atoms. The van der Waals surface area contributed by atoms with Gasteiger partial charge in [0.1, 0.15) is 0 Å². The highest BCUT2D eigenvalue weighted by molar-refractivity contribution is 9.10. The lowest BCUT2D eigenvalue weighted by Crippen LogP contribution is -2.28. The van der Waals surface area contributed by atoms with Crippen molar-refractivity contribution in [2.24, 2.45) is 11.1 Å². The van der Waals surface area contributed by atoms with E-state index in [4.69, 9.17) is 5.14 Å². The molecule has 1 unspecified atom stereocenters. The predicted molar refractivity (Wildman–Crippen MR) is 72.2 cm³/mol. The molecule has 1 aromatic carbocycles. The monoisotopic (exact) mass is 317 g/mol. The second kappa shape index (κ2) is 4.71. The third-order valence-corrected chi connectivity index (χ3v) is 5.22. The summed E-state index contributed by atoms with van der Waals surface area (Å²) in [6.45, 7) is 1.69. The molecule has 17 heavy (non-hydrogen) atoms. The topological polar surface area (TPSA) is 60.2 Å². The lowest BCUT2D eigenvalue weighted by atomic mass is 10.0. The Hall–Kier alpha value is -0.390. The summed E-state index contributed by atoms with van der Waals surface area (Å²) >= 11 is 3.45. The van der Waals surface area contributed by atoms with E-state index < -0.39 is 15.3 Å². The summed E-state index contributed by atoms with van der Waals surface area (Å²) in [4.78, 5) is 0. The average Bonchev–Trinajstić information content (AvgIpc) is 2.57. The van der Waals surface area contributed by atoms with Gasteiger partial charge in [0.15, 0.2) is 0 Å². The van der Waals surface area contributed by atoms with Gasteiger partial charge in [-0.1, -0.05) is 22.0 Å². The van der Waals surface area contributed by atoms with Crippen molar-refractivity contribution in [3.05, 3.63) is 33.8 Å². The molecule has 0 aliphatic heterocycles. The Balaban J connectivity index is 2.06. The Morgan fingerprint density at radius 3 is 2.71 bits per heavy atom. The number of benzene rings is 1. The van der Waals surface area contributed by atoms with Crippen LogP contribution in [0.1, 0.15) is 24.5 Å². The van der Waals surface area contributed by atoms with Gasteiger partial charge in [0.25, 0.3) is 0 Å². The quantitative estimate of drug-likeness (QED) is 0.929. The van der Waals surface area contributed by atoms with Crippen LogP contribution >= 0.6 is 15.9 Å². The zero-order valence-corrected chi connectivity index (χ0v) is 12.1. The van der Waals surface area contributed by atoms with Crippen LogP contribution in [0.25, 0.3) is 0 Å². The summed E-state index contributed by atoms with van der Waals surface area (Å²) < 4.78 is 23.5. The van der Waals surface area contributed by atoms with Crippen molar-refractivity contribution in [1.29, 1.82) is 0 Å². The van der Waals surface area contributed by atoms with Crippen LogP contribution in [-0.4, -0.2) is 13.7 Å². The van der Waals surface area contributed by atoms with E-state index in [0.717, 1.165) is 17.3 Å². The lowest BCUT2D eigenvalue weighted by molar-refractivity contribution is 0.493. The zero-order valence-electron chi connectivity index (χ0n) is 9.69. The van der Waals surface area contributed by atoms with Crippen molar-refractivity contribution >= 4 is 26.0 Å². The maximum absolute atomic E-state index is 11.2. The van der Waals surface area contributed by atoms with Crippen LogP contribution in [0.4, 0.5) is 0 Å². The van der Waals surface area contributed by atoms with Crippen molar-refractivity contribution in [1.82, 2.24) is 0 Å². The van der Waals surface area contributed by atoms with Gasteiger partial charge in [-0.05, 0) is 55.4 Å². The standard InChI is InChI=1S/C12H16BrNO2S/c1-8(17(14,15)16)4-9-5-10-2-3-12(13)7-11(10)6-9/h2-3,7-9H,4-6H2,1H3,(H2,14,15,16)/t8-,9?/m0/s1. The van der Waals surface area contributed by atoms with Gasteiger partial charge < -0.3 is 0 Å². The first kappa shape index (κ1) is 13.1. The van der Waals surface area contributed by atoms with Crippen LogP contribution in [-0.2, 0) is 22.9 Å². The molecular formula is C12H16BrNO2S. The summed E-state index contributed by atoms with van der Waals surface area (Å²) in [5, 5.41) is 4.70. The van der Waals surface area contributed by atoms with E-state index in [9.17, 15) is 8.42 Å². The number of sulfonamides is 1. The molecule has 0 saturated heterocycles. The van der Waals surface area contributed by atoms with E-state index in [0.29, 0.717) is 12.3 Å². The van der Waals surface area contributed by atoms with E-state index in [-0.39, 0.29) is 0 Å². The van der Waals surface area contributed by atoms with Gasteiger partial charge in [-0.3, -0.25) is 0 Å². The maximum Gasteiger partial charge on any atom is 0.211 e. The first-order valence-electron chi connectivity index (χ1n) is 5.65. The van der Waals surface area contributed by atoms with E-state index in [1.807, 2.05) is 6.07 Å². The van der Waals surface area contributed by atoms with Gasteiger partial charge in [-0.15, -0.1) is 0 Å². The molecule has 1 aromatic rings. The smallest absolute Gasteiger partial charge is 0.211 e. The molecule has 0 radical (unpaired) electrons. The summed E-state index contributed by atoms with van der Waals surface area (Å²) in [5.41, 5.74) is 2.66. The summed E-state index contributed by atoms with van der Waals surface area (Å²) in [6.07, 6.45) is 2.56. The van der Waals surface area contributed by atoms with Crippen LogP contribution in [0.15, 0.2) is 22.7 Å². The largest absolute Gasteiger partial charge is 0.228 e. The molecule has 0 saturated carbocycles. The summed E-state index contributed by atoms with van der Waals surface area (Å²) in [7, 11) is -3.40. The van der Waals surface area contributed by atoms with Crippen molar-refractivity contribution in [3.8, 4) is 0 Å². The van der Waals surface area contributed by atoms with Crippen LogP contribution in [0, 0.1) is 5.92 Å². The average molecular weight is 318 g/mol. The normalized spacial score (nSPS) is 21.2. The molecule has 94 valence electrons. The van der Waals surface area contributed by atoms with Crippen LogP contribution in [0.2, 0.25) is 0 Å². The molecular weight excluding hydrogens is 302 g/mol. The minimum Gasteiger partial charge on any atom is -0.228 e. The zero-order chi connectivity index (χ0) is 12.6. The van der Waals surface area contributed by atoms with Crippen LogP contribution < -0.4 is 5.14 Å². The van der Waals surface area contributed by atoms with Gasteiger partial charge in [0.2, 0.25) is 10.0 Å². The lowest BCUT2D eigenvalue weighted by Gasteiger charge is -2.13. The van der Waals surface area contributed by atoms with Crippen LogP contribution in [0.5, 0.6) is 0 Å². The van der Waals surface area contributed by atoms with Gasteiger partial charge in [0.05, 0.1) is 5.25 Å². The van der Waals surface area contributed by atoms with Gasteiger partial charge in [-0.25, -0.2) is 13.6 Å². The Bertz CT molecular complexity index is 527. The highest BCUT2D eigenvalue weighted by atomic mass is 79.9. The highest BCUT2D eigenvalue weighted by Gasteiger charge is 2.26. The molecule has 0 fully saturated rings. The number of hydrogen-bond acceptors (Lipinski definition) is 2. The molecule has 0 amide bonds. The molecule has 2 atom stereocenters. The second-order valence-electron chi connectivity index (χ2n) is 4.82. The summed E-state index contributed by atoms with van der Waals surface area (Å²) in [5.74, 6) is 0.396. The minimum absolute atomic E-state index is 0.396. The molecule has 5 heteroatoms. The number of halogens is 1. The Kier molecular flexibility index (Phi) is 3.61. The maximum atomic E-state index is 11.2. The molecule has 1 aliphatic rings. The second-order valence-corrected chi connectivity index (χ2v) is 7.72. The molecule has 0 heterocycles. The predicted octanol–water partition coefficient (Wildman–Crippen LogP) is 2.23. The van der Waals surface area contributed by atoms with Crippen molar-refractivity contribution in [2.75, 3.05) is 0 Å². The first-order valence-corrected chi connectivity index (χ1v) is 8.05. The third-order valence-electron chi connectivity index (χ3n) is 3.41. The van der Waals surface area contributed by atoms with Crippen molar-refractivity contribution in [3.63, 3.8) is 0 Å².